The lowest BCUT2D eigenvalue weighted by atomic mass is 10.1. The summed E-state index contributed by atoms with van der Waals surface area (Å²) in [6, 6.07) is 12.8. The molecule has 0 saturated carbocycles. The molecule has 0 aliphatic rings. The first-order chi connectivity index (χ1) is 13.4. The fourth-order valence-corrected chi connectivity index (χ4v) is 2.79. The van der Waals surface area contributed by atoms with Gasteiger partial charge in [-0.25, -0.2) is 4.79 Å². The van der Waals surface area contributed by atoms with Crippen molar-refractivity contribution in [1.29, 1.82) is 0 Å². The highest BCUT2D eigenvalue weighted by atomic mass is 32.1. The van der Waals surface area contributed by atoms with Gasteiger partial charge >= 0.3 is 5.97 Å². The Bertz CT molecular complexity index is 826. The Morgan fingerprint density at radius 3 is 2.57 bits per heavy atom. The molecule has 0 aliphatic carbocycles. The summed E-state index contributed by atoms with van der Waals surface area (Å²) in [6.07, 6.45) is 0. The first-order valence-corrected chi connectivity index (χ1v) is 9.46. The Morgan fingerprint density at radius 2 is 1.89 bits per heavy atom. The molecule has 0 heterocycles. The predicted molar refractivity (Wildman–Crippen MR) is 114 cm³/mol. The second kappa shape index (κ2) is 10.5. The van der Waals surface area contributed by atoms with Crippen LogP contribution >= 0.6 is 12.2 Å². The van der Waals surface area contributed by atoms with E-state index in [2.05, 4.69) is 10.6 Å². The Kier molecular flexibility index (Phi) is 8.07. The number of nitrogens with one attached hydrogen (secondary N) is 2. The molecule has 0 unspecified atom stereocenters. The summed E-state index contributed by atoms with van der Waals surface area (Å²) in [7, 11) is 1.61. The standard InChI is InChI=1S/C21H26N2O4S/c1-5-26-20(24)16-11-10-14(2)17(12-16)23-21(28)22-15(3)13-27-19-9-7-6-8-18(19)25-4/h6-12,15H,5,13H2,1-4H3,(H2,22,23,28)/t15-/m1/s1. The van der Waals surface area contributed by atoms with E-state index < -0.39 is 0 Å². The zero-order valence-electron chi connectivity index (χ0n) is 16.6. The Labute approximate surface area is 171 Å². The molecule has 0 bridgehead atoms. The van der Waals surface area contributed by atoms with Crippen LogP contribution in [0.1, 0.15) is 29.8 Å². The van der Waals surface area contributed by atoms with Gasteiger partial charge in [-0.2, -0.15) is 0 Å². The van der Waals surface area contributed by atoms with Crippen molar-refractivity contribution in [2.45, 2.75) is 26.8 Å². The summed E-state index contributed by atoms with van der Waals surface area (Å²) >= 11 is 5.39. The summed E-state index contributed by atoms with van der Waals surface area (Å²) in [5.41, 5.74) is 2.20. The predicted octanol–water partition coefficient (Wildman–Crippen LogP) is 3.93. The van der Waals surface area contributed by atoms with Crippen molar-refractivity contribution < 1.29 is 19.0 Å². The summed E-state index contributed by atoms with van der Waals surface area (Å²) in [5.74, 6) is 1.00. The van der Waals surface area contributed by atoms with Gasteiger partial charge in [0.1, 0.15) is 6.61 Å². The number of hydrogen-bond acceptors (Lipinski definition) is 5. The molecule has 7 heteroatoms. The van der Waals surface area contributed by atoms with E-state index in [0.29, 0.717) is 35.4 Å². The minimum absolute atomic E-state index is 0.0431. The summed E-state index contributed by atoms with van der Waals surface area (Å²) in [4.78, 5) is 11.9. The molecule has 0 aromatic heterocycles. The van der Waals surface area contributed by atoms with E-state index in [0.717, 1.165) is 11.3 Å². The van der Waals surface area contributed by atoms with Gasteiger partial charge in [0.25, 0.3) is 0 Å². The first-order valence-electron chi connectivity index (χ1n) is 9.05. The van der Waals surface area contributed by atoms with Gasteiger partial charge in [-0.15, -0.1) is 0 Å². The van der Waals surface area contributed by atoms with E-state index in [4.69, 9.17) is 26.4 Å². The van der Waals surface area contributed by atoms with E-state index in [1.807, 2.05) is 44.2 Å². The molecule has 2 rings (SSSR count). The number of methoxy groups -OCH3 is 1. The maximum atomic E-state index is 11.9. The third-order valence-electron chi connectivity index (χ3n) is 3.93. The van der Waals surface area contributed by atoms with Gasteiger partial charge in [0.2, 0.25) is 0 Å². The Balaban J connectivity index is 1.92. The van der Waals surface area contributed by atoms with Gasteiger partial charge in [-0.05, 0) is 62.8 Å². The topological polar surface area (TPSA) is 68.8 Å². The van der Waals surface area contributed by atoms with Crippen molar-refractivity contribution in [3.63, 3.8) is 0 Å². The highest BCUT2D eigenvalue weighted by molar-refractivity contribution is 7.80. The van der Waals surface area contributed by atoms with Crippen LogP contribution in [0.5, 0.6) is 11.5 Å². The molecule has 1 atom stereocenters. The third-order valence-corrected chi connectivity index (χ3v) is 4.15. The molecule has 0 aliphatic heterocycles. The number of thiocarbonyl (C=S) groups is 1. The maximum Gasteiger partial charge on any atom is 0.338 e. The zero-order chi connectivity index (χ0) is 20.5. The summed E-state index contributed by atoms with van der Waals surface area (Å²) < 4.78 is 16.1. The molecule has 0 radical (unpaired) electrons. The molecule has 6 nitrogen and oxygen atoms in total. The third kappa shape index (κ3) is 6.13. The monoisotopic (exact) mass is 402 g/mol. The number of carbonyl (C=O) groups is 1. The Hall–Kier alpha value is -2.80. The number of para-hydroxylation sites is 2. The average Bonchev–Trinajstić information content (AvgIpc) is 2.68. The number of ether oxygens (including phenoxy) is 3. The number of aryl methyl sites for hydroxylation is 1. The van der Waals surface area contributed by atoms with E-state index in [9.17, 15) is 4.79 Å². The minimum Gasteiger partial charge on any atom is -0.493 e. The van der Waals surface area contributed by atoms with E-state index in [-0.39, 0.29) is 12.0 Å². The number of carbonyl (C=O) groups excluding carboxylic acids is 1. The second-order valence-electron chi connectivity index (χ2n) is 6.21. The number of rotatable bonds is 8. The van der Waals surface area contributed by atoms with Crippen LogP contribution in [0.25, 0.3) is 0 Å². The lowest BCUT2D eigenvalue weighted by Gasteiger charge is -2.19. The van der Waals surface area contributed by atoms with Gasteiger partial charge in [-0.3, -0.25) is 0 Å². The quantitative estimate of drug-likeness (QED) is 0.512. The molecule has 2 aromatic rings. The van der Waals surface area contributed by atoms with Gasteiger partial charge < -0.3 is 24.8 Å². The Morgan fingerprint density at radius 1 is 1.18 bits per heavy atom. The molecule has 2 N–H and O–H groups in total. The minimum atomic E-state index is -0.358. The smallest absolute Gasteiger partial charge is 0.338 e. The van der Waals surface area contributed by atoms with Crippen molar-refractivity contribution in [2.24, 2.45) is 0 Å². The molecule has 0 amide bonds. The molecule has 0 spiro atoms. The maximum absolute atomic E-state index is 11.9. The van der Waals surface area contributed by atoms with Crippen molar-refractivity contribution in [3.8, 4) is 11.5 Å². The van der Waals surface area contributed by atoms with Gasteiger partial charge in [0.05, 0.1) is 25.3 Å². The van der Waals surface area contributed by atoms with Crippen LogP contribution in [0.15, 0.2) is 42.5 Å². The molecule has 0 fully saturated rings. The molecule has 0 saturated heterocycles. The normalized spacial score (nSPS) is 11.3. The van der Waals surface area contributed by atoms with E-state index in [1.165, 1.54) is 0 Å². The summed E-state index contributed by atoms with van der Waals surface area (Å²) in [5, 5.41) is 6.75. The van der Waals surface area contributed by atoms with Crippen LogP contribution in [-0.2, 0) is 4.74 Å². The second-order valence-corrected chi connectivity index (χ2v) is 6.62. The van der Waals surface area contributed by atoms with Crippen LogP contribution < -0.4 is 20.1 Å². The average molecular weight is 403 g/mol. The zero-order valence-corrected chi connectivity index (χ0v) is 17.4. The SMILES string of the molecule is CCOC(=O)c1ccc(C)c(NC(=S)N[C@H](C)COc2ccccc2OC)c1. The number of benzene rings is 2. The molecular formula is C21H26N2O4S. The molecule has 150 valence electrons. The lowest BCUT2D eigenvalue weighted by Crippen LogP contribution is -2.39. The molecular weight excluding hydrogens is 376 g/mol. The number of anilines is 1. The molecule has 28 heavy (non-hydrogen) atoms. The van der Waals surface area contributed by atoms with Crippen LogP contribution in [0, 0.1) is 6.92 Å². The van der Waals surface area contributed by atoms with Crippen molar-refractivity contribution in [3.05, 3.63) is 53.6 Å². The lowest BCUT2D eigenvalue weighted by molar-refractivity contribution is 0.0526. The highest BCUT2D eigenvalue weighted by Gasteiger charge is 2.12. The van der Waals surface area contributed by atoms with Gasteiger partial charge in [0.15, 0.2) is 16.6 Å². The number of hydrogen-bond donors (Lipinski definition) is 2. The van der Waals surface area contributed by atoms with Crippen molar-refractivity contribution >= 4 is 29.0 Å². The van der Waals surface area contributed by atoms with E-state index in [1.54, 1.807) is 26.2 Å². The van der Waals surface area contributed by atoms with Crippen molar-refractivity contribution in [1.82, 2.24) is 5.32 Å². The van der Waals surface area contributed by atoms with Gasteiger partial charge in [0, 0.05) is 5.69 Å². The van der Waals surface area contributed by atoms with Crippen LogP contribution in [0.4, 0.5) is 5.69 Å². The van der Waals surface area contributed by atoms with Crippen LogP contribution in [0.2, 0.25) is 0 Å². The fourth-order valence-electron chi connectivity index (χ4n) is 2.47. The summed E-state index contributed by atoms with van der Waals surface area (Å²) in [6.45, 7) is 6.42. The molecule has 2 aromatic carbocycles. The van der Waals surface area contributed by atoms with E-state index >= 15 is 0 Å². The first kappa shape index (κ1) is 21.5. The fraction of sp³-hybridized carbons (Fsp3) is 0.333. The van der Waals surface area contributed by atoms with Crippen molar-refractivity contribution in [2.75, 3.05) is 25.6 Å². The van der Waals surface area contributed by atoms with Crippen LogP contribution in [-0.4, -0.2) is 37.4 Å². The number of esters is 1. The van der Waals surface area contributed by atoms with Crippen LogP contribution in [0.3, 0.4) is 0 Å². The van der Waals surface area contributed by atoms with Gasteiger partial charge in [-0.1, -0.05) is 18.2 Å². The highest BCUT2D eigenvalue weighted by Crippen LogP contribution is 2.25. The largest absolute Gasteiger partial charge is 0.493 e.